The fraction of sp³-hybridized carbons (Fsp3) is 0.538. The Hall–Kier alpha value is -1.96. The topological polar surface area (TPSA) is 70.1 Å². The first kappa shape index (κ1) is 14.1. The highest BCUT2D eigenvalue weighted by Crippen LogP contribution is 2.23. The molecule has 1 atom stereocenters. The van der Waals surface area contributed by atoms with Crippen molar-refractivity contribution in [1.29, 1.82) is 0 Å². The van der Waals surface area contributed by atoms with E-state index in [2.05, 4.69) is 10.9 Å². The van der Waals surface area contributed by atoms with E-state index in [1.165, 1.54) is 0 Å². The molecule has 0 amide bonds. The first-order valence-electron chi connectivity index (χ1n) is 6.03. The summed E-state index contributed by atoms with van der Waals surface area (Å²) < 4.78 is 6.74. The SMILES string of the molecule is C#CCC(C)n1c(CC)nc(C(=O)OCC)c1N. The van der Waals surface area contributed by atoms with Crippen LogP contribution in [0.4, 0.5) is 5.82 Å². The number of ether oxygens (including phenoxy) is 1. The Morgan fingerprint density at radius 1 is 1.61 bits per heavy atom. The van der Waals surface area contributed by atoms with Gasteiger partial charge in [0.05, 0.1) is 6.61 Å². The maximum atomic E-state index is 11.7. The second-order valence-corrected chi connectivity index (χ2v) is 3.96. The van der Waals surface area contributed by atoms with Gasteiger partial charge in [0, 0.05) is 18.9 Å². The fourth-order valence-corrected chi connectivity index (χ4v) is 1.85. The molecule has 18 heavy (non-hydrogen) atoms. The van der Waals surface area contributed by atoms with E-state index in [0.29, 0.717) is 25.3 Å². The lowest BCUT2D eigenvalue weighted by Crippen LogP contribution is -2.13. The minimum absolute atomic E-state index is 0.0145. The van der Waals surface area contributed by atoms with Crippen molar-refractivity contribution in [3.05, 3.63) is 11.5 Å². The van der Waals surface area contributed by atoms with Crippen molar-refractivity contribution < 1.29 is 9.53 Å². The number of carbonyl (C=O) groups is 1. The van der Waals surface area contributed by atoms with Gasteiger partial charge in [0.1, 0.15) is 11.6 Å². The van der Waals surface area contributed by atoms with Gasteiger partial charge in [-0.3, -0.25) is 0 Å². The normalized spacial score (nSPS) is 11.9. The van der Waals surface area contributed by atoms with Gasteiger partial charge in [-0.05, 0) is 13.8 Å². The van der Waals surface area contributed by atoms with Gasteiger partial charge >= 0.3 is 5.97 Å². The number of aryl methyl sites for hydroxylation is 1. The van der Waals surface area contributed by atoms with E-state index in [1.807, 2.05) is 18.4 Å². The molecule has 1 rings (SSSR count). The van der Waals surface area contributed by atoms with Crippen LogP contribution in [-0.4, -0.2) is 22.1 Å². The van der Waals surface area contributed by atoms with Crippen LogP contribution in [0.2, 0.25) is 0 Å². The summed E-state index contributed by atoms with van der Waals surface area (Å²) in [4.78, 5) is 16.0. The molecule has 98 valence electrons. The zero-order chi connectivity index (χ0) is 13.7. The second kappa shape index (κ2) is 6.10. The number of imidazole rings is 1. The van der Waals surface area contributed by atoms with E-state index in [0.717, 1.165) is 5.82 Å². The van der Waals surface area contributed by atoms with E-state index >= 15 is 0 Å². The third-order valence-corrected chi connectivity index (χ3v) is 2.66. The molecule has 0 aliphatic heterocycles. The summed E-state index contributed by atoms with van der Waals surface area (Å²) in [5, 5.41) is 0. The van der Waals surface area contributed by atoms with Gasteiger partial charge in [-0.15, -0.1) is 12.3 Å². The van der Waals surface area contributed by atoms with E-state index in [4.69, 9.17) is 16.9 Å². The van der Waals surface area contributed by atoms with E-state index in [-0.39, 0.29) is 11.7 Å². The van der Waals surface area contributed by atoms with E-state index < -0.39 is 5.97 Å². The molecule has 5 heteroatoms. The molecule has 0 saturated heterocycles. The highest BCUT2D eigenvalue weighted by molar-refractivity contribution is 5.92. The van der Waals surface area contributed by atoms with Gasteiger partial charge in [-0.1, -0.05) is 6.92 Å². The number of hydrogen-bond acceptors (Lipinski definition) is 4. The quantitative estimate of drug-likeness (QED) is 0.638. The van der Waals surface area contributed by atoms with Gasteiger partial charge in [-0.2, -0.15) is 0 Å². The monoisotopic (exact) mass is 249 g/mol. The third-order valence-electron chi connectivity index (χ3n) is 2.66. The first-order chi connectivity index (χ1) is 8.56. The number of nitrogen functional groups attached to an aromatic ring is 1. The maximum Gasteiger partial charge on any atom is 0.360 e. The standard InChI is InChI=1S/C13H19N3O2/c1-5-8-9(4)16-10(6-2)15-11(12(16)14)13(17)18-7-3/h1,9H,6-8,14H2,2-4H3. The van der Waals surface area contributed by atoms with Crippen LogP contribution in [0.3, 0.4) is 0 Å². The summed E-state index contributed by atoms with van der Waals surface area (Å²) >= 11 is 0. The van der Waals surface area contributed by atoms with E-state index in [1.54, 1.807) is 6.92 Å². The Labute approximate surface area is 107 Å². The summed E-state index contributed by atoms with van der Waals surface area (Å²) in [6.07, 6.45) is 6.52. The minimum atomic E-state index is -0.489. The number of hydrogen-bond donors (Lipinski definition) is 1. The largest absolute Gasteiger partial charge is 0.461 e. The molecular weight excluding hydrogens is 230 g/mol. The molecule has 1 unspecified atom stereocenters. The molecule has 1 aromatic heterocycles. The molecule has 0 aliphatic rings. The van der Waals surface area contributed by atoms with E-state index in [9.17, 15) is 4.79 Å². The number of anilines is 1. The molecule has 0 radical (unpaired) electrons. The minimum Gasteiger partial charge on any atom is -0.461 e. The van der Waals surface area contributed by atoms with Gasteiger partial charge in [0.15, 0.2) is 5.69 Å². The molecule has 0 spiro atoms. The molecule has 0 saturated carbocycles. The number of nitrogens with zero attached hydrogens (tertiary/aromatic N) is 2. The number of rotatable bonds is 5. The van der Waals surface area contributed by atoms with Crippen molar-refractivity contribution in [2.24, 2.45) is 0 Å². The highest BCUT2D eigenvalue weighted by atomic mass is 16.5. The lowest BCUT2D eigenvalue weighted by molar-refractivity contribution is 0.0521. The summed E-state index contributed by atoms with van der Waals surface area (Å²) in [5.74, 6) is 3.17. The van der Waals surface area contributed by atoms with Gasteiger partial charge in [0.25, 0.3) is 0 Å². The molecule has 0 fully saturated rings. The molecule has 5 nitrogen and oxygen atoms in total. The average molecular weight is 249 g/mol. The van der Waals surface area contributed by atoms with Crippen molar-refractivity contribution in [2.75, 3.05) is 12.3 Å². The zero-order valence-electron chi connectivity index (χ0n) is 11.1. The molecule has 0 aromatic carbocycles. The highest BCUT2D eigenvalue weighted by Gasteiger charge is 2.22. The molecule has 1 heterocycles. The smallest absolute Gasteiger partial charge is 0.360 e. The Bertz CT molecular complexity index is 471. The Kier molecular flexibility index (Phi) is 4.78. The Morgan fingerprint density at radius 2 is 2.28 bits per heavy atom. The number of nitrogens with two attached hydrogens (primary N) is 1. The van der Waals surface area contributed by atoms with Crippen molar-refractivity contribution in [1.82, 2.24) is 9.55 Å². The van der Waals surface area contributed by atoms with Crippen LogP contribution >= 0.6 is 0 Å². The summed E-state index contributed by atoms with van der Waals surface area (Å²) in [6.45, 7) is 5.95. The second-order valence-electron chi connectivity index (χ2n) is 3.96. The van der Waals surface area contributed by atoms with Gasteiger partial charge in [0.2, 0.25) is 0 Å². The lowest BCUT2D eigenvalue weighted by Gasteiger charge is -2.15. The molecule has 0 bridgehead atoms. The average Bonchev–Trinajstić information content (AvgIpc) is 2.67. The third kappa shape index (κ3) is 2.65. The maximum absolute atomic E-state index is 11.7. The van der Waals surface area contributed by atoms with Crippen molar-refractivity contribution >= 4 is 11.8 Å². The van der Waals surface area contributed by atoms with Crippen LogP contribution in [0, 0.1) is 12.3 Å². The zero-order valence-corrected chi connectivity index (χ0v) is 11.1. The van der Waals surface area contributed by atoms with Crippen LogP contribution in [0.5, 0.6) is 0 Å². The van der Waals surface area contributed by atoms with Crippen LogP contribution in [0.25, 0.3) is 0 Å². The summed E-state index contributed by atoms with van der Waals surface area (Å²) in [7, 11) is 0. The Balaban J connectivity index is 3.18. The van der Waals surface area contributed by atoms with Crippen LogP contribution in [0.15, 0.2) is 0 Å². The van der Waals surface area contributed by atoms with Crippen molar-refractivity contribution in [3.8, 4) is 12.3 Å². The number of terminal acetylenes is 1. The van der Waals surface area contributed by atoms with Crippen LogP contribution < -0.4 is 5.73 Å². The van der Waals surface area contributed by atoms with Crippen molar-refractivity contribution in [3.63, 3.8) is 0 Å². The predicted molar refractivity (Wildman–Crippen MR) is 70.1 cm³/mol. The first-order valence-corrected chi connectivity index (χ1v) is 6.03. The summed E-state index contributed by atoms with van der Waals surface area (Å²) in [5.41, 5.74) is 6.15. The van der Waals surface area contributed by atoms with Gasteiger partial charge in [-0.25, -0.2) is 9.78 Å². The predicted octanol–water partition coefficient (Wildman–Crippen LogP) is 1.79. The number of esters is 1. The molecule has 1 aromatic rings. The molecule has 2 N–H and O–H groups in total. The summed E-state index contributed by atoms with van der Waals surface area (Å²) in [6, 6.07) is 0.0145. The van der Waals surface area contributed by atoms with Crippen molar-refractivity contribution in [2.45, 2.75) is 39.7 Å². The number of carbonyl (C=O) groups excluding carboxylic acids is 1. The molecular formula is C13H19N3O2. The fourth-order valence-electron chi connectivity index (χ4n) is 1.85. The van der Waals surface area contributed by atoms with Crippen LogP contribution in [0.1, 0.15) is 49.5 Å². The number of aromatic nitrogens is 2. The lowest BCUT2D eigenvalue weighted by atomic mass is 10.2. The van der Waals surface area contributed by atoms with Gasteiger partial charge < -0.3 is 15.0 Å². The Morgan fingerprint density at radius 3 is 2.78 bits per heavy atom. The van der Waals surface area contributed by atoms with Crippen LogP contribution in [-0.2, 0) is 11.2 Å². The molecule has 0 aliphatic carbocycles.